The third-order valence-electron chi connectivity index (χ3n) is 3.20. The van der Waals surface area contributed by atoms with Crippen molar-refractivity contribution in [1.82, 2.24) is 0 Å². The van der Waals surface area contributed by atoms with Crippen molar-refractivity contribution in [2.75, 3.05) is 11.9 Å². The fourth-order valence-electron chi connectivity index (χ4n) is 1.87. The summed E-state index contributed by atoms with van der Waals surface area (Å²) in [6.07, 6.45) is 1.02. The van der Waals surface area contributed by atoms with Crippen molar-refractivity contribution in [3.8, 4) is 5.75 Å². The lowest BCUT2D eigenvalue weighted by Gasteiger charge is -2.09. The van der Waals surface area contributed by atoms with Gasteiger partial charge in [0, 0.05) is 10.0 Å². The molecular formula is C18H20BrNO2. The second-order valence-electron chi connectivity index (χ2n) is 5.49. The Bertz CT molecular complexity index is 623. The predicted octanol–water partition coefficient (Wildman–Crippen LogP) is 5.13. The fraction of sp³-hybridized carbons (Fsp3) is 0.278. The highest BCUT2D eigenvalue weighted by Gasteiger charge is 2.08. The van der Waals surface area contributed by atoms with Crippen molar-refractivity contribution in [2.45, 2.75) is 20.3 Å². The van der Waals surface area contributed by atoms with Crippen molar-refractivity contribution in [2.24, 2.45) is 5.92 Å². The van der Waals surface area contributed by atoms with Gasteiger partial charge >= 0.3 is 0 Å². The number of anilines is 1. The first-order valence-corrected chi connectivity index (χ1v) is 8.14. The second kappa shape index (κ2) is 7.99. The molecule has 0 unspecified atom stereocenters. The van der Waals surface area contributed by atoms with E-state index in [1.54, 1.807) is 12.1 Å². The Hall–Kier alpha value is -1.81. The monoisotopic (exact) mass is 361 g/mol. The number of ether oxygens (including phenoxy) is 1. The molecule has 0 aromatic heterocycles. The molecule has 1 N–H and O–H groups in total. The number of hydrogen-bond donors (Lipinski definition) is 1. The summed E-state index contributed by atoms with van der Waals surface area (Å²) in [6, 6.07) is 14.7. The average Bonchev–Trinajstić information content (AvgIpc) is 2.50. The van der Waals surface area contributed by atoms with Crippen molar-refractivity contribution in [1.29, 1.82) is 0 Å². The van der Waals surface area contributed by atoms with Gasteiger partial charge in [0.2, 0.25) is 0 Å². The molecule has 2 aromatic rings. The minimum atomic E-state index is -0.138. The summed E-state index contributed by atoms with van der Waals surface area (Å²) in [6.45, 7) is 5.02. The molecule has 0 spiro atoms. The Morgan fingerprint density at radius 3 is 2.45 bits per heavy atom. The number of benzene rings is 2. The molecule has 116 valence electrons. The number of para-hydroxylation sites is 1. The van der Waals surface area contributed by atoms with Crippen LogP contribution in [0.4, 0.5) is 5.69 Å². The summed E-state index contributed by atoms with van der Waals surface area (Å²) in [5.41, 5.74) is 1.36. The van der Waals surface area contributed by atoms with Gasteiger partial charge in [-0.3, -0.25) is 4.79 Å². The normalized spacial score (nSPS) is 10.5. The first kappa shape index (κ1) is 16.6. The Morgan fingerprint density at radius 1 is 1.14 bits per heavy atom. The van der Waals surface area contributed by atoms with Crippen molar-refractivity contribution in [3.63, 3.8) is 0 Å². The van der Waals surface area contributed by atoms with Gasteiger partial charge in [0.05, 0.1) is 12.3 Å². The van der Waals surface area contributed by atoms with Gasteiger partial charge in [-0.1, -0.05) is 26.0 Å². The highest BCUT2D eigenvalue weighted by molar-refractivity contribution is 9.10. The van der Waals surface area contributed by atoms with E-state index >= 15 is 0 Å². The zero-order chi connectivity index (χ0) is 15.9. The maximum absolute atomic E-state index is 12.2. The predicted molar refractivity (Wildman–Crippen MR) is 93.5 cm³/mol. The van der Waals surface area contributed by atoms with E-state index in [2.05, 4.69) is 35.1 Å². The van der Waals surface area contributed by atoms with E-state index in [4.69, 9.17) is 4.74 Å². The molecule has 0 aliphatic rings. The van der Waals surface area contributed by atoms with Gasteiger partial charge in [-0.05, 0) is 64.7 Å². The molecule has 0 saturated carbocycles. The molecule has 0 radical (unpaired) electrons. The summed E-state index contributed by atoms with van der Waals surface area (Å²) in [5.74, 6) is 1.27. The van der Waals surface area contributed by atoms with Gasteiger partial charge in [0.25, 0.3) is 5.91 Å². The first-order valence-electron chi connectivity index (χ1n) is 7.35. The van der Waals surface area contributed by atoms with Crippen LogP contribution in [0.2, 0.25) is 0 Å². The highest BCUT2D eigenvalue weighted by Crippen LogP contribution is 2.22. The van der Waals surface area contributed by atoms with E-state index in [1.807, 2.05) is 36.4 Å². The SMILES string of the molecule is CC(C)CCOc1ccc(C(=O)Nc2ccccc2Br)cc1. The van der Waals surface area contributed by atoms with Gasteiger partial charge in [-0.25, -0.2) is 0 Å². The lowest BCUT2D eigenvalue weighted by atomic mass is 10.1. The third kappa shape index (κ3) is 4.88. The van der Waals surface area contributed by atoms with E-state index < -0.39 is 0 Å². The third-order valence-corrected chi connectivity index (χ3v) is 3.89. The van der Waals surface area contributed by atoms with Crippen LogP contribution >= 0.6 is 15.9 Å². The molecule has 0 fully saturated rings. The van der Waals surface area contributed by atoms with Crippen LogP contribution in [0.5, 0.6) is 5.75 Å². The fourth-order valence-corrected chi connectivity index (χ4v) is 2.26. The van der Waals surface area contributed by atoms with E-state index in [1.165, 1.54) is 0 Å². The standard InChI is InChI=1S/C18H20BrNO2/c1-13(2)11-12-22-15-9-7-14(8-10-15)18(21)20-17-6-4-3-5-16(17)19/h3-10,13H,11-12H2,1-2H3,(H,20,21). The van der Waals surface area contributed by atoms with E-state index in [0.29, 0.717) is 18.1 Å². The van der Waals surface area contributed by atoms with Crippen LogP contribution < -0.4 is 10.1 Å². The van der Waals surface area contributed by atoms with Gasteiger partial charge in [0.1, 0.15) is 5.75 Å². The maximum atomic E-state index is 12.2. The van der Waals surface area contributed by atoms with Crippen molar-refractivity contribution < 1.29 is 9.53 Å². The minimum Gasteiger partial charge on any atom is -0.494 e. The number of halogens is 1. The molecule has 3 nitrogen and oxygen atoms in total. The maximum Gasteiger partial charge on any atom is 0.255 e. The molecule has 0 saturated heterocycles. The van der Waals surface area contributed by atoms with Crippen LogP contribution in [0.1, 0.15) is 30.6 Å². The molecule has 22 heavy (non-hydrogen) atoms. The zero-order valence-electron chi connectivity index (χ0n) is 12.8. The quantitative estimate of drug-likeness (QED) is 0.774. The number of nitrogens with one attached hydrogen (secondary N) is 1. The van der Waals surface area contributed by atoms with Gasteiger partial charge < -0.3 is 10.1 Å². The molecule has 0 atom stereocenters. The van der Waals surface area contributed by atoms with Crippen LogP contribution in [0.3, 0.4) is 0 Å². The number of rotatable bonds is 6. The van der Waals surface area contributed by atoms with E-state index in [9.17, 15) is 4.79 Å². The number of hydrogen-bond acceptors (Lipinski definition) is 2. The smallest absolute Gasteiger partial charge is 0.255 e. The highest BCUT2D eigenvalue weighted by atomic mass is 79.9. The molecule has 4 heteroatoms. The van der Waals surface area contributed by atoms with Crippen LogP contribution in [-0.4, -0.2) is 12.5 Å². The Labute approximate surface area is 139 Å². The minimum absolute atomic E-state index is 0.138. The van der Waals surface area contributed by atoms with Crippen LogP contribution in [0.25, 0.3) is 0 Å². The van der Waals surface area contributed by atoms with Crippen molar-refractivity contribution >= 4 is 27.5 Å². The van der Waals surface area contributed by atoms with Crippen molar-refractivity contribution in [3.05, 3.63) is 58.6 Å². The summed E-state index contributed by atoms with van der Waals surface area (Å²) in [7, 11) is 0. The van der Waals surface area contributed by atoms with Gasteiger partial charge in [0.15, 0.2) is 0 Å². The molecule has 2 aromatic carbocycles. The topological polar surface area (TPSA) is 38.3 Å². The second-order valence-corrected chi connectivity index (χ2v) is 6.34. The van der Waals surface area contributed by atoms with E-state index in [-0.39, 0.29) is 5.91 Å². The summed E-state index contributed by atoms with van der Waals surface area (Å²) >= 11 is 3.41. The van der Waals surface area contributed by atoms with Gasteiger partial charge in [-0.2, -0.15) is 0 Å². The Balaban J connectivity index is 1.95. The summed E-state index contributed by atoms with van der Waals surface area (Å²) in [5, 5.41) is 2.88. The van der Waals surface area contributed by atoms with Crippen LogP contribution in [-0.2, 0) is 0 Å². The molecule has 2 rings (SSSR count). The van der Waals surface area contributed by atoms with Crippen LogP contribution in [0.15, 0.2) is 53.0 Å². The summed E-state index contributed by atoms with van der Waals surface area (Å²) < 4.78 is 6.51. The summed E-state index contributed by atoms with van der Waals surface area (Å²) in [4.78, 5) is 12.2. The molecule has 0 heterocycles. The number of carbonyl (C=O) groups excluding carboxylic acids is 1. The molecular weight excluding hydrogens is 342 g/mol. The lowest BCUT2D eigenvalue weighted by molar-refractivity contribution is 0.102. The Morgan fingerprint density at radius 2 is 1.82 bits per heavy atom. The number of carbonyl (C=O) groups is 1. The van der Waals surface area contributed by atoms with Crippen LogP contribution in [0, 0.1) is 5.92 Å². The largest absolute Gasteiger partial charge is 0.494 e. The van der Waals surface area contributed by atoms with Gasteiger partial charge in [-0.15, -0.1) is 0 Å². The molecule has 0 bridgehead atoms. The van der Waals surface area contributed by atoms with E-state index in [0.717, 1.165) is 22.3 Å². The molecule has 0 aliphatic carbocycles. The average molecular weight is 362 g/mol. The number of amides is 1. The lowest BCUT2D eigenvalue weighted by Crippen LogP contribution is -2.12. The Kier molecular flexibility index (Phi) is 6.01. The first-order chi connectivity index (χ1) is 10.6. The molecule has 0 aliphatic heterocycles. The molecule has 1 amide bonds. The zero-order valence-corrected chi connectivity index (χ0v) is 14.4.